The van der Waals surface area contributed by atoms with Crippen molar-refractivity contribution in [2.24, 2.45) is 5.92 Å². The number of fused-ring (bicyclic) bond motifs is 1. The first kappa shape index (κ1) is 16.3. The molecule has 6 heteroatoms. The fraction of sp³-hybridized carbons (Fsp3) is 0.474. The molecule has 1 N–H and O–H groups in total. The Labute approximate surface area is 145 Å². The zero-order chi connectivity index (χ0) is 17.6. The van der Waals surface area contributed by atoms with Crippen LogP contribution in [0, 0.1) is 11.7 Å². The summed E-state index contributed by atoms with van der Waals surface area (Å²) in [6.07, 6.45) is 3.29. The molecule has 3 unspecified atom stereocenters. The van der Waals surface area contributed by atoms with E-state index < -0.39 is 6.04 Å². The molecule has 1 saturated carbocycles. The summed E-state index contributed by atoms with van der Waals surface area (Å²) >= 11 is 0. The molecule has 0 bridgehead atoms. The number of hydrogen-bond acceptors (Lipinski definition) is 4. The molecular weight excluding hydrogens is 325 g/mol. The normalized spacial score (nSPS) is 28.7. The van der Waals surface area contributed by atoms with Gasteiger partial charge in [0.2, 0.25) is 0 Å². The van der Waals surface area contributed by atoms with Crippen molar-refractivity contribution >= 4 is 11.7 Å². The van der Waals surface area contributed by atoms with Gasteiger partial charge in [-0.25, -0.2) is 4.39 Å². The molecule has 1 amide bonds. The second kappa shape index (κ2) is 6.26. The topological polar surface area (TPSA) is 66.8 Å². The molecule has 2 aliphatic heterocycles. The van der Waals surface area contributed by atoms with Crippen LogP contribution in [0.15, 0.2) is 35.6 Å². The van der Waals surface area contributed by atoms with Gasteiger partial charge in [-0.05, 0) is 37.0 Å². The number of β-amino-alcohol motifs (C(OH)–C–C–N with tert-alkyl or cyclic N) is 1. The van der Waals surface area contributed by atoms with Crippen LogP contribution in [-0.2, 0) is 14.3 Å². The van der Waals surface area contributed by atoms with E-state index in [2.05, 4.69) is 0 Å². The number of nitrogens with zero attached hydrogens (tertiary/aromatic N) is 1. The maximum atomic E-state index is 13.3. The van der Waals surface area contributed by atoms with Gasteiger partial charge >= 0.3 is 0 Å². The number of aliphatic hydroxyl groups excluding tert-OH is 1. The Kier molecular flexibility index (Phi) is 4.07. The fourth-order valence-electron chi connectivity index (χ4n) is 4.22. The van der Waals surface area contributed by atoms with E-state index >= 15 is 0 Å². The van der Waals surface area contributed by atoms with Gasteiger partial charge in [0.1, 0.15) is 11.9 Å². The number of amides is 1. The predicted octanol–water partition coefficient (Wildman–Crippen LogP) is 2.11. The van der Waals surface area contributed by atoms with E-state index in [4.69, 9.17) is 4.74 Å². The highest BCUT2D eigenvalue weighted by Gasteiger charge is 2.51. The zero-order valence-electron chi connectivity index (χ0n) is 13.8. The van der Waals surface area contributed by atoms with Crippen LogP contribution in [0.3, 0.4) is 0 Å². The summed E-state index contributed by atoms with van der Waals surface area (Å²) in [6.45, 7) is -0.120. The Hall–Kier alpha value is -2.21. The van der Waals surface area contributed by atoms with Crippen LogP contribution in [0.25, 0.3) is 0 Å². The fourth-order valence-corrected chi connectivity index (χ4v) is 4.22. The number of aliphatic hydroxyl groups is 1. The first-order valence-electron chi connectivity index (χ1n) is 8.74. The smallest absolute Gasteiger partial charge is 0.290 e. The second-order valence-corrected chi connectivity index (χ2v) is 6.83. The third kappa shape index (κ3) is 2.56. The highest BCUT2D eigenvalue weighted by molar-refractivity contribution is 6.11. The van der Waals surface area contributed by atoms with Crippen LogP contribution in [0.4, 0.5) is 4.39 Å². The van der Waals surface area contributed by atoms with E-state index in [9.17, 15) is 19.1 Å². The van der Waals surface area contributed by atoms with Gasteiger partial charge in [0.05, 0.1) is 24.1 Å². The van der Waals surface area contributed by atoms with Gasteiger partial charge in [0.15, 0.2) is 11.5 Å². The lowest BCUT2D eigenvalue weighted by Gasteiger charge is -2.35. The maximum absolute atomic E-state index is 13.3. The van der Waals surface area contributed by atoms with Gasteiger partial charge in [-0.2, -0.15) is 0 Å². The minimum Gasteiger partial charge on any atom is -0.483 e. The van der Waals surface area contributed by atoms with E-state index in [0.29, 0.717) is 11.1 Å². The van der Waals surface area contributed by atoms with Crippen molar-refractivity contribution in [1.82, 2.24) is 4.90 Å². The predicted molar refractivity (Wildman–Crippen MR) is 86.8 cm³/mol. The summed E-state index contributed by atoms with van der Waals surface area (Å²) in [5, 5.41) is 9.36. The molecule has 0 radical (unpaired) electrons. The van der Waals surface area contributed by atoms with E-state index in [0.717, 1.165) is 25.7 Å². The summed E-state index contributed by atoms with van der Waals surface area (Å²) in [4.78, 5) is 27.4. The standard InChI is InChI=1S/C19H20FNO4/c20-12-7-5-11(6-8-12)16-15-17(23)13-3-1-2-4-14(13)25-18(15)19(24)21(16)9-10-22/h5-8,13-14,16,22H,1-4,9-10H2. The molecule has 2 heterocycles. The van der Waals surface area contributed by atoms with Gasteiger partial charge in [-0.15, -0.1) is 0 Å². The summed E-state index contributed by atoms with van der Waals surface area (Å²) in [5.41, 5.74) is 1.02. The van der Waals surface area contributed by atoms with Crippen LogP contribution < -0.4 is 0 Å². The molecule has 1 aliphatic carbocycles. The molecule has 3 atom stereocenters. The Bertz CT molecular complexity index is 742. The second-order valence-electron chi connectivity index (χ2n) is 6.83. The molecule has 0 saturated heterocycles. The number of ether oxygens (including phenoxy) is 1. The molecule has 5 nitrogen and oxygen atoms in total. The summed E-state index contributed by atoms with van der Waals surface area (Å²) in [7, 11) is 0. The first-order valence-corrected chi connectivity index (χ1v) is 8.74. The van der Waals surface area contributed by atoms with E-state index in [1.54, 1.807) is 12.1 Å². The Morgan fingerprint density at radius 2 is 1.88 bits per heavy atom. The summed E-state index contributed by atoms with van der Waals surface area (Å²) in [6, 6.07) is 5.16. The molecule has 0 spiro atoms. The van der Waals surface area contributed by atoms with Crippen molar-refractivity contribution in [1.29, 1.82) is 0 Å². The molecule has 4 rings (SSSR count). The summed E-state index contributed by atoms with van der Waals surface area (Å²) < 4.78 is 19.3. The van der Waals surface area contributed by atoms with Crippen LogP contribution in [0.1, 0.15) is 37.3 Å². The van der Waals surface area contributed by atoms with Crippen LogP contribution in [0.2, 0.25) is 0 Å². The van der Waals surface area contributed by atoms with E-state index in [1.807, 2.05) is 0 Å². The zero-order valence-corrected chi connectivity index (χ0v) is 13.8. The number of rotatable bonds is 3. The summed E-state index contributed by atoms with van der Waals surface area (Å²) in [5.74, 6) is -0.868. The number of Topliss-reactive ketones (excluding diaryl/α,β-unsaturated/α-hetero) is 1. The van der Waals surface area contributed by atoms with Gasteiger partial charge in [-0.1, -0.05) is 18.6 Å². The molecule has 0 aromatic heterocycles. The van der Waals surface area contributed by atoms with Gasteiger partial charge in [0, 0.05) is 6.54 Å². The average Bonchev–Trinajstić information content (AvgIpc) is 2.89. The van der Waals surface area contributed by atoms with Crippen molar-refractivity contribution in [3.05, 3.63) is 47.0 Å². The number of benzene rings is 1. The van der Waals surface area contributed by atoms with Gasteiger partial charge in [-0.3, -0.25) is 9.59 Å². The highest BCUT2D eigenvalue weighted by atomic mass is 19.1. The Balaban J connectivity index is 1.79. The van der Waals surface area contributed by atoms with Gasteiger partial charge in [0.25, 0.3) is 5.91 Å². The molecule has 132 valence electrons. The monoisotopic (exact) mass is 345 g/mol. The SMILES string of the molecule is O=C1C2=C(OC3CCCCC13)C(=O)N(CCO)C2c1ccc(F)cc1. The molecule has 3 aliphatic rings. The number of halogens is 1. The molecule has 1 aromatic rings. The van der Waals surface area contributed by atoms with Crippen LogP contribution in [-0.4, -0.2) is 41.0 Å². The lowest BCUT2D eigenvalue weighted by molar-refractivity contribution is -0.135. The molecule has 1 aromatic carbocycles. The van der Waals surface area contributed by atoms with Crippen molar-refractivity contribution < 1.29 is 23.8 Å². The van der Waals surface area contributed by atoms with Crippen LogP contribution >= 0.6 is 0 Å². The van der Waals surface area contributed by atoms with Crippen molar-refractivity contribution in [2.75, 3.05) is 13.2 Å². The van der Waals surface area contributed by atoms with Crippen molar-refractivity contribution in [3.63, 3.8) is 0 Å². The quantitative estimate of drug-likeness (QED) is 0.911. The minimum atomic E-state index is -0.620. The molecule has 25 heavy (non-hydrogen) atoms. The van der Waals surface area contributed by atoms with E-state index in [-0.39, 0.29) is 48.4 Å². The number of carbonyl (C=O) groups excluding carboxylic acids is 2. The van der Waals surface area contributed by atoms with Crippen LogP contribution in [0.5, 0.6) is 0 Å². The average molecular weight is 345 g/mol. The lowest BCUT2D eigenvalue weighted by Crippen LogP contribution is -2.39. The Morgan fingerprint density at radius 3 is 2.60 bits per heavy atom. The lowest BCUT2D eigenvalue weighted by atomic mass is 9.77. The number of ketones is 1. The van der Waals surface area contributed by atoms with Crippen molar-refractivity contribution in [3.8, 4) is 0 Å². The third-order valence-corrected chi connectivity index (χ3v) is 5.39. The van der Waals surface area contributed by atoms with E-state index in [1.165, 1.54) is 17.0 Å². The number of hydrogen-bond donors (Lipinski definition) is 1. The van der Waals surface area contributed by atoms with Crippen molar-refractivity contribution in [2.45, 2.75) is 37.8 Å². The third-order valence-electron chi connectivity index (χ3n) is 5.39. The largest absolute Gasteiger partial charge is 0.483 e. The Morgan fingerprint density at radius 1 is 1.16 bits per heavy atom. The molecule has 1 fully saturated rings. The highest BCUT2D eigenvalue weighted by Crippen LogP contribution is 2.46. The number of carbonyl (C=O) groups is 2. The maximum Gasteiger partial charge on any atom is 0.290 e. The minimum absolute atomic E-state index is 0.0333. The van der Waals surface area contributed by atoms with Gasteiger partial charge < -0.3 is 14.7 Å². The first-order chi connectivity index (χ1) is 12.1. The molecular formula is C19H20FNO4.